The summed E-state index contributed by atoms with van der Waals surface area (Å²) in [5.41, 5.74) is 0.979. The van der Waals surface area contributed by atoms with Gasteiger partial charge in [0.05, 0.1) is 11.3 Å². The zero-order valence-electron chi connectivity index (χ0n) is 14.4. The lowest BCUT2D eigenvalue weighted by Gasteiger charge is -2.34. The van der Waals surface area contributed by atoms with Crippen molar-refractivity contribution in [3.05, 3.63) is 41.8 Å². The molecular weight excluding hydrogens is 324 g/mol. The molecule has 0 fully saturated rings. The molecule has 0 radical (unpaired) electrons. The highest BCUT2D eigenvalue weighted by atomic mass is 32.2. The van der Waals surface area contributed by atoms with Gasteiger partial charge in [-0.2, -0.15) is 0 Å². The number of hydrogen-bond donors (Lipinski definition) is 0. The van der Waals surface area contributed by atoms with Crippen molar-refractivity contribution in [1.29, 1.82) is 0 Å². The Morgan fingerprint density at radius 2 is 2.17 bits per heavy atom. The molecule has 1 atom stereocenters. The van der Waals surface area contributed by atoms with Crippen LogP contribution in [0.4, 0.5) is 5.69 Å². The van der Waals surface area contributed by atoms with Crippen molar-refractivity contribution in [2.24, 2.45) is 0 Å². The first kappa shape index (κ1) is 17.0. The highest BCUT2D eigenvalue weighted by Crippen LogP contribution is 2.37. The Kier molecular flexibility index (Phi) is 4.69. The lowest BCUT2D eigenvalue weighted by atomic mass is 10.2. The van der Waals surface area contributed by atoms with Crippen LogP contribution < -0.4 is 4.90 Å². The van der Waals surface area contributed by atoms with Crippen LogP contribution in [0.2, 0.25) is 0 Å². The minimum Gasteiger partial charge on any atom is -0.368 e. The molecule has 6 heteroatoms. The fourth-order valence-corrected chi connectivity index (χ4v) is 3.56. The van der Waals surface area contributed by atoms with Crippen LogP contribution in [0.15, 0.2) is 39.8 Å². The average molecular weight is 346 g/mol. The van der Waals surface area contributed by atoms with Crippen molar-refractivity contribution in [1.82, 2.24) is 5.16 Å². The Bertz CT molecular complexity index is 736. The highest BCUT2D eigenvalue weighted by Gasteiger charge is 2.31. The topological polar surface area (TPSA) is 55.6 Å². The molecule has 1 aromatic heterocycles. The number of carbonyl (C=O) groups excluding carboxylic acids is 1. The monoisotopic (exact) mass is 346 g/mol. The first-order chi connectivity index (χ1) is 11.3. The van der Waals surface area contributed by atoms with Gasteiger partial charge in [0, 0.05) is 22.8 Å². The van der Waals surface area contributed by atoms with Crippen LogP contribution in [0.5, 0.6) is 0 Å². The Labute approximate surface area is 146 Å². The van der Waals surface area contributed by atoms with E-state index in [1.54, 1.807) is 22.7 Å². The molecule has 0 saturated heterocycles. The molecular formula is C18H22N2O3S. The normalized spacial score (nSPS) is 17.7. The number of carbonyl (C=O) groups is 1. The van der Waals surface area contributed by atoms with Gasteiger partial charge in [-0.1, -0.05) is 17.3 Å². The van der Waals surface area contributed by atoms with Crippen molar-refractivity contribution in [3.8, 4) is 0 Å². The maximum Gasteiger partial charge on any atom is 0.280 e. The van der Waals surface area contributed by atoms with Gasteiger partial charge in [-0.15, -0.1) is 11.8 Å². The molecule has 5 nitrogen and oxygen atoms in total. The van der Waals surface area contributed by atoms with Gasteiger partial charge in [0.15, 0.2) is 11.5 Å². The molecule has 1 aliphatic heterocycles. The second kappa shape index (κ2) is 6.61. The maximum absolute atomic E-state index is 12.9. The summed E-state index contributed by atoms with van der Waals surface area (Å²) in [6.07, 6.45) is 0. The molecule has 0 aliphatic carbocycles. The number of amides is 1. The summed E-state index contributed by atoms with van der Waals surface area (Å²) in [5.74, 6) is 1.28. The fraction of sp³-hybridized carbons (Fsp3) is 0.444. The molecule has 1 amide bonds. The number of nitrogens with zero attached hydrogens (tertiary/aromatic N) is 2. The fourth-order valence-electron chi connectivity index (χ4n) is 2.50. The van der Waals surface area contributed by atoms with Gasteiger partial charge in [0.1, 0.15) is 6.61 Å². The van der Waals surface area contributed by atoms with Gasteiger partial charge in [-0.05, 0) is 39.8 Å². The van der Waals surface area contributed by atoms with Gasteiger partial charge in [-0.25, -0.2) is 0 Å². The number of aromatic nitrogens is 1. The summed E-state index contributed by atoms with van der Waals surface area (Å²) in [6.45, 7) is 8.26. The van der Waals surface area contributed by atoms with E-state index in [0.29, 0.717) is 18.1 Å². The van der Waals surface area contributed by atoms with E-state index < -0.39 is 0 Å². The van der Waals surface area contributed by atoms with E-state index in [4.69, 9.17) is 9.26 Å². The molecule has 1 aliphatic rings. The quantitative estimate of drug-likeness (QED) is 0.836. The summed E-state index contributed by atoms with van der Waals surface area (Å²) >= 11 is 1.77. The molecule has 0 bridgehead atoms. The van der Waals surface area contributed by atoms with Crippen LogP contribution >= 0.6 is 11.8 Å². The van der Waals surface area contributed by atoms with Crippen molar-refractivity contribution < 1.29 is 14.1 Å². The van der Waals surface area contributed by atoms with Crippen molar-refractivity contribution >= 4 is 23.4 Å². The Hall–Kier alpha value is -1.79. The van der Waals surface area contributed by atoms with E-state index in [1.165, 1.54) is 0 Å². The van der Waals surface area contributed by atoms with E-state index in [1.807, 2.05) is 52.0 Å². The van der Waals surface area contributed by atoms with Gasteiger partial charge >= 0.3 is 0 Å². The van der Waals surface area contributed by atoms with E-state index >= 15 is 0 Å². The van der Waals surface area contributed by atoms with E-state index in [0.717, 1.165) is 16.3 Å². The predicted molar refractivity (Wildman–Crippen MR) is 94.5 cm³/mol. The summed E-state index contributed by atoms with van der Waals surface area (Å²) in [6, 6.07) is 9.72. The Morgan fingerprint density at radius 1 is 1.42 bits per heavy atom. The third kappa shape index (κ3) is 3.65. The third-order valence-corrected chi connectivity index (χ3v) is 5.00. The molecule has 0 N–H and O–H groups in total. The molecule has 0 unspecified atom stereocenters. The van der Waals surface area contributed by atoms with Gasteiger partial charge in [-0.3, -0.25) is 4.79 Å². The largest absolute Gasteiger partial charge is 0.368 e. The van der Waals surface area contributed by atoms with Gasteiger partial charge in [0.25, 0.3) is 5.91 Å². The standard InChI is InChI=1S/C18H22N2O3S/c1-12-11-24-16-8-6-5-7-15(16)20(12)17(21)14-9-13(23-19-14)10-22-18(2,3)4/h5-9,12H,10-11H2,1-4H3/t12-/m1/s1. The lowest BCUT2D eigenvalue weighted by Crippen LogP contribution is -2.42. The molecule has 2 heterocycles. The minimum absolute atomic E-state index is 0.100. The molecule has 1 aromatic carbocycles. The van der Waals surface area contributed by atoms with Crippen molar-refractivity contribution in [2.45, 2.75) is 50.8 Å². The number of fused-ring (bicyclic) bond motifs is 1. The molecule has 0 saturated carbocycles. The summed E-state index contributed by atoms with van der Waals surface area (Å²) in [7, 11) is 0. The van der Waals surface area contributed by atoms with Crippen LogP contribution in [0.1, 0.15) is 43.9 Å². The highest BCUT2D eigenvalue weighted by molar-refractivity contribution is 7.99. The van der Waals surface area contributed by atoms with Gasteiger partial charge in [0.2, 0.25) is 0 Å². The molecule has 3 rings (SSSR count). The smallest absolute Gasteiger partial charge is 0.280 e. The number of rotatable bonds is 3. The number of benzene rings is 1. The summed E-state index contributed by atoms with van der Waals surface area (Å²) in [4.78, 5) is 15.9. The zero-order valence-corrected chi connectivity index (χ0v) is 15.2. The first-order valence-electron chi connectivity index (χ1n) is 8.00. The van der Waals surface area contributed by atoms with Crippen LogP contribution in [0, 0.1) is 0 Å². The average Bonchev–Trinajstić information content (AvgIpc) is 3.01. The molecule has 0 spiro atoms. The summed E-state index contributed by atoms with van der Waals surface area (Å²) in [5, 5.41) is 3.95. The Morgan fingerprint density at radius 3 is 2.92 bits per heavy atom. The third-order valence-electron chi connectivity index (χ3n) is 3.69. The SMILES string of the molecule is C[C@@H]1CSc2ccccc2N1C(=O)c1cc(COC(C)(C)C)on1. The maximum atomic E-state index is 12.9. The number of para-hydroxylation sites is 1. The predicted octanol–water partition coefficient (Wildman–Crippen LogP) is 4.13. The molecule has 24 heavy (non-hydrogen) atoms. The number of thioether (sulfide) groups is 1. The first-order valence-corrected chi connectivity index (χ1v) is 8.98. The van der Waals surface area contributed by atoms with Gasteiger partial charge < -0.3 is 14.2 Å². The number of ether oxygens (including phenoxy) is 1. The molecule has 2 aromatic rings. The van der Waals surface area contributed by atoms with Crippen LogP contribution in [-0.4, -0.2) is 28.5 Å². The second-order valence-electron chi connectivity index (χ2n) is 6.88. The number of anilines is 1. The number of hydrogen-bond acceptors (Lipinski definition) is 5. The molecule has 128 valence electrons. The Balaban J connectivity index is 1.81. The second-order valence-corrected chi connectivity index (χ2v) is 7.94. The van der Waals surface area contributed by atoms with E-state index in [-0.39, 0.29) is 17.6 Å². The summed E-state index contributed by atoms with van der Waals surface area (Å²) < 4.78 is 10.9. The minimum atomic E-state index is -0.269. The van der Waals surface area contributed by atoms with Crippen LogP contribution in [-0.2, 0) is 11.3 Å². The van der Waals surface area contributed by atoms with E-state index in [9.17, 15) is 4.79 Å². The van der Waals surface area contributed by atoms with Crippen LogP contribution in [0.3, 0.4) is 0 Å². The van der Waals surface area contributed by atoms with Crippen molar-refractivity contribution in [2.75, 3.05) is 10.7 Å². The van der Waals surface area contributed by atoms with E-state index in [2.05, 4.69) is 5.16 Å². The van der Waals surface area contributed by atoms with Crippen LogP contribution in [0.25, 0.3) is 0 Å². The van der Waals surface area contributed by atoms with Crippen molar-refractivity contribution in [3.63, 3.8) is 0 Å². The zero-order chi connectivity index (χ0) is 17.3. The lowest BCUT2D eigenvalue weighted by molar-refractivity contribution is -0.0241.